The van der Waals surface area contributed by atoms with E-state index in [-0.39, 0.29) is 5.91 Å². The first-order valence-electron chi connectivity index (χ1n) is 10.4. The molecular weight excluding hydrogens is 404 g/mol. The first-order chi connectivity index (χ1) is 15.2. The van der Waals surface area contributed by atoms with Crippen LogP contribution in [0.2, 0.25) is 0 Å². The van der Waals surface area contributed by atoms with Gasteiger partial charge in [0, 0.05) is 24.2 Å². The average molecular weight is 433 g/mol. The maximum atomic E-state index is 12.5. The van der Waals surface area contributed by atoms with Crippen molar-refractivity contribution in [2.24, 2.45) is 0 Å². The van der Waals surface area contributed by atoms with Gasteiger partial charge in [-0.15, -0.1) is 0 Å². The highest BCUT2D eigenvalue weighted by atomic mass is 16.5. The van der Waals surface area contributed by atoms with Gasteiger partial charge in [-0.25, -0.2) is 4.79 Å². The zero-order valence-electron chi connectivity index (χ0n) is 18.5. The van der Waals surface area contributed by atoms with Gasteiger partial charge in [0.05, 0.1) is 0 Å². The summed E-state index contributed by atoms with van der Waals surface area (Å²) >= 11 is 0. The molecule has 0 saturated heterocycles. The Kier molecular flexibility index (Phi) is 7.15. The fraction of sp³-hybridized carbons (Fsp3) is 0.231. The molecule has 0 bridgehead atoms. The summed E-state index contributed by atoms with van der Waals surface area (Å²) in [5.74, 6) is 1.22. The first-order valence-corrected chi connectivity index (χ1v) is 10.4. The number of rotatable bonds is 7. The van der Waals surface area contributed by atoms with Gasteiger partial charge in [0.15, 0.2) is 0 Å². The Morgan fingerprint density at radius 1 is 0.844 bits per heavy atom. The lowest BCUT2D eigenvalue weighted by Crippen LogP contribution is -2.44. The Morgan fingerprint density at radius 3 is 1.97 bits per heavy atom. The number of amides is 2. The van der Waals surface area contributed by atoms with Crippen LogP contribution in [0.15, 0.2) is 78.9 Å². The second-order valence-electron chi connectivity index (χ2n) is 8.48. The highest BCUT2D eigenvalue weighted by molar-refractivity contribution is 5.94. The van der Waals surface area contributed by atoms with Gasteiger partial charge in [0.2, 0.25) is 0 Å². The Balaban J connectivity index is 1.54. The molecule has 3 rings (SSSR count). The van der Waals surface area contributed by atoms with Crippen LogP contribution in [0, 0.1) is 0 Å². The highest BCUT2D eigenvalue weighted by Gasteiger charge is 2.25. The molecule has 0 fully saturated rings. The number of nitrogens with zero attached hydrogens (tertiary/aromatic N) is 1. The third-order valence-corrected chi connectivity index (χ3v) is 4.95. The molecule has 0 radical (unpaired) electrons. The monoisotopic (exact) mass is 432 g/mol. The number of hydrogen-bond acceptors (Lipinski definition) is 3. The fourth-order valence-electron chi connectivity index (χ4n) is 3.12. The van der Waals surface area contributed by atoms with Gasteiger partial charge in [0.1, 0.15) is 11.5 Å². The Hall–Kier alpha value is -3.80. The summed E-state index contributed by atoms with van der Waals surface area (Å²) in [7, 11) is 0. The molecule has 0 aliphatic heterocycles. The summed E-state index contributed by atoms with van der Waals surface area (Å²) in [4.78, 5) is 25.4. The molecule has 2 N–H and O–H groups in total. The average Bonchev–Trinajstić information content (AvgIpc) is 2.77. The summed E-state index contributed by atoms with van der Waals surface area (Å²) in [5.41, 5.74) is 1.89. The van der Waals surface area contributed by atoms with E-state index in [0.29, 0.717) is 24.4 Å². The Morgan fingerprint density at radius 2 is 1.41 bits per heavy atom. The van der Waals surface area contributed by atoms with Crippen LogP contribution in [0.1, 0.15) is 42.3 Å². The van der Waals surface area contributed by atoms with Gasteiger partial charge >= 0.3 is 6.09 Å². The highest BCUT2D eigenvalue weighted by Crippen LogP contribution is 2.21. The summed E-state index contributed by atoms with van der Waals surface area (Å²) in [6.45, 7) is 6.29. The molecule has 6 nitrogen and oxygen atoms in total. The van der Waals surface area contributed by atoms with E-state index < -0.39 is 11.6 Å². The van der Waals surface area contributed by atoms with Crippen molar-refractivity contribution in [3.8, 4) is 11.5 Å². The summed E-state index contributed by atoms with van der Waals surface area (Å²) in [6.07, 6.45) is -0.950. The zero-order chi connectivity index (χ0) is 23.1. The maximum absolute atomic E-state index is 12.5. The molecule has 6 heteroatoms. The van der Waals surface area contributed by atoms with Gasteiger partial charge < -0.3 is 15.2 Å². The number of benzene rings is 3. The second-order valence-corrected chi connectivity index (χ2v) is 8.48. The number of carbonyl (C=O) groups is 2. The summed E-state index contributed by atoms with van der Waals surface area (Å²) in [5, 5.41) is 12.3. The summed E-state index contributed by atoms with van der Waals surface area (Å²) < 4.78 is 5.74. The van der Waals surface area contributed by atoms with Crippen LogP contribution in [0.5, 0.6) is 11.5 Å². The first kappa shape index (κ1) is 22.9. The molecule has 0 heterocycles. The van der Waals surface area contributed by atoms with Crippen LogP contribution in [0.4, 0.5) is 4.79 Å². The lowest BCUT2D eigenvalue weighted by molar-refractivity contribution is 0.0942. The van der Waals surface area contributed by atoms with E-state index in [1.807, 2.05) is 75.4 Å². The minimum atomic E-state index is -0.950. The Bertz CT molecular complexity index is 1040. The molecule has 166 valence electrons. The van der Waals surface area contributed by atoms with E-state index in [9.17, 15) is 14.7 Å². The van der Waals surface area contributed by atoms with Crippen LogP contribution >= 0.6 is 0 Å². The number of para-hydroxylation sites is 1. The molecular formula is C26H28N2O4. The molecule has 0 atom stereocenters. The van der Waals surface area contributed by atoms with Crippen molar-refractivity contribution in [1.82, 2.24) is 10.2 Å². The molecule has 0 saturated carbocycles. The van der Waals surface area contributed by atoms with Gasteiger partial charge in [-0.1, -0.05) is 42.5 Å². The minimum absolute atomic E-state index is 0.176. The normalized spacial score (nSPS) is 11.0. The largest absolute Gasteiger partial charge is 0.465 e. The molecule has 0 spiro atoms. The molecule has 0 aliphatic rings. The van der Waals surface area contributed by atoms with Crippen molar-refractivity contribution in [3.63, 3.8) is 0 Å². The van der Waals surface area contributed by atoms with Crippen LogP contribution in [-0.4, -0.2) is 27.5 Å². The number of carbonyl (C=O) groups excluding carboxylic acids is 1. The quantitative estimate of drug-likeness (QED) is 0.503. The number of nitrogens with one attached hydrogen (secondary N) is 1. The van der Waals surface area contributed by atoms with Crippen molar-refractivity contribution in [1.29, 1.82) is 0 Å². The molecule has 32 heavy (non-hydrogen) atoms. The molecule has 0 aromatic heterocycles. The van der Waals surface area contributed by atoms with Crippen LogP contribution in [-0.2, 0) is 13.1 Å². The molecule has 3 aromatic carbocycles. The van der Waals surface area contributed by atoms with Crippen LogP contribution in [0.3, 0.4) is 0 Å². The van der Waals surface area contributed by atoms with E-state index in [4.69, 9.17) is 4.74 Å². The number of ether oxygens (including phenoxy) is 1. The van der Waals surface area contributed by atoms with E-state index >= 15 is 0 Å². The van der Waals surface area contributed by atoms with Crippen molar-refractivity contribution >= 4 is 12.0 Å². The second kappa shape index (κ2) is 10.0. The van der Waals surface area contributed by atoms with Crippen LogP contribution < -0.4 is 10.1 Å². The standard InChI is InChI=1S/C26H28N2O4/c1-26(2,3)28(25(30)31)18-20-11-9-19(10-12-20)17-27-24(29)21-13-15-23(16-14-21)32-22-7-5-4-6-8-22/h4-16H,17-18H2,1-3H3,(H,27,29)(H,30,31). The third-order valence-electron chi connectivity index (χ3n) is 4.95. The number of carboxylic acid groups (broad SMARTS) is 1. The van der Waals surface area contributed by atoms with Crippen molar-refractivity contribution in [3.05, 3.63) is 95.6 Å². The van der Waals surface area contributed by atoms with Gasteiger partial charge in [-0.05, 0) is 68.3 Å². The van der Waals surface area contributed by atoms with E-state index in [0.717, 1.165) is 16.9 Å². The lowest BCUT2D eigenvalue weighted by atomic mass is 10.0. The van der Waals surface area contributed by atoms with Crippen molar-refractivity contribution < 1.29 is 19.4 Å². The summed E-state index contributed by atoms with van der Waals surface area (Å²) in [6, 6.07) is 24.0. The van der Waals surface area contributed by atoms with Gasteiger partial charge in [0.25, 0.3) is 5.91 Å². The molecule has 0 unspecified atom stereocenters. The van der Waals surface area contributed by atoms with E-state index in [1.165, 1.54) is 4.90 Å². The lowest BCUT2D eigenvalue weighted by Gasteiger charge is -2.33. The van der Waals surface area contributed by atoms with Gasteiger partial charge in [-0.2, -0.15) is 0 Å². The predicted octanol–water partition coefficient (Wildman–Crippen LogP) is 5.69. The fourth-order valence-corrected chi connectivity index (χ4v) is 3.12. The zero-order valence-corrected chi connectivity index (χ0v) is 18.5. The van der Waals surface area contributed by atoms with Crippen molar-refractivity contribution in [2.45, 2.75) is 39.4 Å². The molecule has 2 amide bonds. The van der Waals surface area contributed by atoms with E-state index in [2.05, 4.69) is 5.32 Å². The molecule has 0 aliphatic carbocycles. The topological polar surface area (TPSA) is 78.9 Å². The smallest absolute Gasteiger partial charge is 0.408 e. The van der Waals surface area contributed by atoms with E-state index in [1.54, 1.807) is 24.3 Å². The van der Waals surface area contributed by atoms with Gasteiger partial charge in [-0.3, -0.25) is 9.69 Å². The molecule has 3 aromatic rings. The van der Waals surface area contributed by atoms with Crippen LogP contribution in [0.25, 0.3) is 0 Å². The predicted molar refractivity (Wildman–Crippen MR) is 124 cm³/mol. The van der Waals surface area contributed by atoms with Crippen molar-refractivity contribution in [2.75, 3.05) is 0 Å². The maximum Gasteiger partial charge on any atom is 0.408 e. The third kappa shape index (κ3) is 6.35. The Labute approximate surface area is 188 Å². The minimum Gasteiger partial charge on any atom is -0.465 e. The number of hydrogen-bond donors (Lipinski definition) is 2. The SMILES string of the molecule is CC(C)(C)N(Cc1ccc(CNC(=O)c2ccc(Oc3ccccc3)cc2)cc1)C(=O)O.